The molecule has 21 saturated heterocycles. The van der Waals surface area contributed by atoms with E-state index in [1.807, 2.05) is 67.7 Å². The first kappa shape index (κ1) is 113. The van der Waals surface area contributed by atoms with Gasteiger partial charge in [-0.3, -0.25) is 20.9 Å². The van der Waals surface area contributed by atoms with Crippen LogP contribution in [0.2, 0.25) is 36.3 Å². The number of benzene rings is 5. The maximum atomic E-state index is 14.3. The van der Waals surface area contributed by atoms with Gasteiger partial charge in [-0.15, -0.1) is 0 Å². The molecule has 21 aliphatic heterocycles. The number of hydrogen-bond donors (Lipinski definition) is 14. The molecule has 21 fully saturated rings. The van der Waals surface area contributed by atoms with Gasteiger partial charge in [0.15, 0.2) is 60.7 Å². The molecule has 5 aromatic rings. The SMILES string of the molecule is Cc1ccc(S(=O)(=O)OC[C@@H]2O[C@@H]3O[C@H]4[C@H](O)[C@@H](O)[C@@H](O[C@H]5[C@@H](O)[C@H](O)[C@@H](O[C@H]6[C@H](O)[C@H](O)[C@@H](O[C@H]7[C@H](O)[C@@H](O)[C@@H](O[C@H]8[C@H](O)[C@@H](O)[C@@H](O[C@H]9[C@H](O)[C@@H](O)[C@@H](O[C@H]2[C@H](O)[C@H]3O)O[C@H]9COS(=O)(=O)c2ccc(C)cc2)O[C@H]8COS(=O)(=O)c2ccc(C)cc2)O[C@@H]7COS(=O)(=O)c2ccc(C)cc2)O[C@@H]6COS(=O)(=O)c2ccc(C)cc2)O[C@@H]5CO[Si](C)(C)C(C)(C)C)O[C@H]4CO[Si](C)(C)C(C)(C)C)cc1. The molecule has 35 atom stereocenters. The predicted molar refractivity (Wildman–Crippen MR) is 487 cm³/mol. The zero-order valence-corrected chi connectivity index (χ0v) is 85.7. The number of aliphatic hydroxyl groups excluding tert-OH is 14. The van der Waals surface area contributed by atoms with Crippen LogP contribution in [0.1, 0.15) is 69.4 Å². The minimum Gasteiger partial charge on any atom is -0.414 e. The van der Waals surface area contributed by atoms with Crippen LogP contribution in [0.25, 0.3) is 0 Å². The lowest BCUT2D eigenvalue weighted by molar-refractivity contribution is -0.395. The summed E-state index contributed by atoms with van der Waals surface area (Å²) in [5, 5.41) is 175. The fraction of sp³-hybridized carbons (Fsp3) is 0.663. The summed E-state index contributed by atoms with van der Waals surface area (Å²) in [4.78, 5) is -2.33. The second kappa shape index (κ2) is 45.0. The first-order chi connectivity index (χ1) is 65.7. The van der Waals surface area contributed by atoms with Crippen molar-refractivity contribution in [2.24, 2.45) is 0 Å². The van der Waals surface area contributed by atoms with Crippen molar-refractivity contribution in [3.63, 3.8) is 0 Å². The van der Waals surface area contributed by atoms with Gasteiger partial charge in [0, 0.05) is 0 Å². The number of rotatable bonds is 26. The van der Waals surface area contributed by atoms with E-state index in [1.54, 1.807) is 34.6 Å². The predicted octanol–water partition coefficient (Wildman–Crippen LogP) is -0.564. The number of ether oxygens (including phenoxy) is 14. The number of hydrogen-bond acceptors (Lipinski definition) is 45. The highest BCUT2D eigenvalue weighted by atomic mass is 32.2. The molecule has 0 amide bonds. The van der Waals surface area contributed by atoms with Crippen LogP contribution in [-0.2, 0) is 147 Å². The molecular weight excluding hydrogens is 2010 g/mol. The van der Waals surface area contributed by atoms with Gasteiger partial charge < -0.3 is 147 Å². The minimum absolute atomic E-state index is 0.440. The van der Waals surface area contributed by atoms with Crippen LogP contribution < -0.4 is 0 Å². The van der Waals surface area contributed by atoms with E-state index < -0.39 is 363 Å². The van der Waals surface area contributed by atoms with Crippen molar-refractivity contribution in [1.29, 1.82) is 0 Å². The summed E-state index contributed by atoms with van der Waals surface area (Å²) in [7, 11) is -30.8. The first-order valence-electron chi connectivity index (χ1n) is 45.5. The molecule has 0 radical (unpaired) electrons. The average molecular weight is 2130 g/mol. The second-order valence-electron chi connectivity index (χ2n) is 39.3. The summed E-state index contributed by atoms with van der Waals surface area (Å²) in [6.45, 7) is 19.0. The fourth-order valence-corrected chi connectivity index (χ4v) is 22.6. The topological polar surface area (TPSA) is 648 Å². The molecule has 792 valence electrons. The third-order valence-corrected chi connectivity index (χ3v) is 42.3. The van der Waals surface area contributed by atoms with Crippen LogP contribution in [-0.4, -0.2) is 391 Å². The van der Waals surface area contributed by atoms with E-state index >= 15 is 0 Å². The highest BCUT2D eigenvalue weighted by molar-refractivity contribution is 7.87. The normalized spacial score (nSPS) is 36.6. The lowest BCUT2D eigenvalue weighted by Crippen LogP contribution is -2.68. The Morgan fingerprint density at radius 3 is 0.475 bits per heavy atom. The van der Waals surface area contributed by atoms with Crippen molar-refractivity contribution in [1.82, 2.24) is 0 Å². The van der Waals surface area contributed by atoms with Crippen LogP contribution in [0.15, 0.2) is 146 Å². The number of aliphatic hydroxyl groups is 14. The van der Waals surface area contributed by atoms with Gasteiger partial charge in [0.2, 0.25) is 0 Å². The molecule has 14 N–H and O–H groups in total. The third-order valence-electron chi connectivity index (χ3n) is 26.8. The quantitative estimate of drug-likeness (QED) is 0.0244. The maximum absolute atomic E-state index is 14.3. The van der Waals surface area contributed by atoms with Crippen molar-refractivity contribution >= 4 is 67.2 Å². The van der Waals surface area contributed by atoms with E-state index in [4.69, 9.17) is 96.1 Å². The van der Waals surface area contributed by atoms with Crippen molar-refractivity contribution < 1.29 is 210 Å². The van der Waals surface area contributed by atoms with E-state index in [1.165, 1.54) is 84.9 Å². The molecular formula is C89H128O45S5Si2. The van der Waals surface area contributed by atoms with Crippen molar-refractivity contribution in [2.45, 2.75) is 352 Å². The molecule has 52 heteroatoms. The zero-order valence-electron chi connectivity index (χ0n) is 79.7. The molecule has 0 aromatic heterocycles. The van der Waals surface area contributed by atoms with E-state index in [-0.39, 0.29) is 0 Å². The van der Waals surface area contributed by atoms with Crippen LogP contribution in [0, 0.1) is 34.6 Å². The van der Waals surface area contributed by atoms with Crippen LogP contribution in [0.3, 0.4) is 0 Å². The van der Waals surface area contributed by atoms with Crippen molar-refractivity contribution in [3.05, 3.63) is 149 Å². The highest BCUT2D eigenvalue weighted by Crippen LogP contribution is 2.45. The van der Waals surface area contributed by atoms with Gasteiger partial charge in [-0.25, -0.2) is 0 Å². The Morgan fingerprint density at radius 2 is 0.348 bits per heavy atom. The van der Waals surface area contributed by atoms with E-state index in [0.717, 1.165) is 36.4 Å². The summed E-state index contributed by atoms with van der Waals surface area (Å²) in [6, 6.07) is 25.7. The zero-order chi connectivity index (χ0) is 103. The molecule has 45 nitrogen and oxygen atoms in total. The molecule has 5 aromatic carbocycles. The molecule has 14 bridgehead atoms. The average Bonchev–Trinajstić information content (AvgIpc) is 0.898. The first-order valence-corrected chi connectivity index (χ1v) is 58.3. The Morgan fingerprint density at radius 1 is 0.220 bits per heavy atom. The largest absolute Gasteiger partial charge is 0.414 e. The lowest BCUT2D eigenvalue weighted by atomic mass is 9.95. The molecule has 26 rings (SSSR count). The molecule has 0 saturated carbocycles. The molecule has 0 unspecified atom stereocenters. The summed E-state index contributed by atoms with van der Waals surface area (Å²) in [5.41, 5.74) is 2.95. The number of aryl methyl sites for hydroxylation is 5. The van der Waals surface area contributed by atoms with Crippen LogP contribution in [0.5, 0.6) is 0 Å². The summed E-state index contributed by atoms with van der Waals surface area (Å²) in [6.07, 6.45) is -82.3. The Balaban J connectivity index is 0.938. The molecule has 21 heterocycles. The highest BCUT2D eigenvalue weighted by Gasteiger charge is 2.62. The van der Waals surface area contributed by atoms with Gasteiger partial charge in [0.25, 0.3) is 50.6 Å². The van der Waals surface area contributed by atoms with Gasteiger partial charge in [0.1, 0.15) is 171 Å². The third kappa shape index (κ3) is 26.0. The summed E-state index contributed by atoms with van der Waals surface area (Å²) >= 11 is 0. The Labute approximate surface area is 819 Å². The summed E-state index contributed by atoms with van der Waals surface area (Å²) in [5.74, 6) is 0. The standard InChI is InChI=1S/C89H128O45S5Si2/c1-43-16-26-48(27-17-43)135(104,105)114-36-53-74-60(90)67(97)81(121-53)129-75-54(37-115-136(106,107)49-28-18-44(2)19-29-49)123-83(69(99)62(75)92)131-77-56(39-117-138(110,111)51-32-22-46(4)23-33-51)125-85(71(101)64(77)94)133-79-58(41-119-140(12,13)88(6,7)8)127-87(73(103)66(79)96)134-80-59(42-120-141(14,15)89(9,10)11)126-86(72(102)65(80)95)132-78-57(40-118-139(112,113)52-34-24-47(5)25-35-52)124-84(70(100)63(78)93)130-76-55(122-82(128-74)68(98)61(76)91)38-116-137(108,109)50-30-20-45(3)21-31-50/h16-35,53-87,90-103H,36-42H2,1-15H3/t53-,54-,55+,56-,57+,58-,59+,60+,61+,62+,63+,64+,65-,66+,67+,68+,69+,70-,71+,72-,73+,74+,75+,76+,77+,78+,79+,80+,81+,82+,83+,84+,85+,86+,87+/m0/s1. The smallest absolute Gasteiger partial charge is 0.297 e. The van der Waals surface area contributed by atoms with Gasteiger partial charge in [-0.1, -0.05) is 130 Å². The Kier molecular flexibility index (Phi) is 36.0. The van der Waals surface area contributed by atoms with Crippen LogP contribution in [0.4, 0.5) is 0 Å². The van der Waals surface area contributed by atoms with Gasteiger partial charge in [-0.2, -0.15) is 42.1 Å². The van der Waals surface area contributed by atoms with Gasteiger partial charge in [-0.05, 0) is 132 Å². The Bertz CT molecular complexity index is 5390. The molecule has 0 aliphatic carbocycles. The molecule has 21 aliphatic rings. The fourth-order valence-electron chi connectivity index (χ4n) is 16.0. The minimum atomic E-state index is -4.98. The van der Waals surface area contributed by atoms with Crippen LogP contribution >= 0.6 is 0 Å². The molecule has 0 spiro atoms. The monoisotopic (exact) mass is 2130 g/mol. The Hall–Kier alpha value is -5.12. The summed E-state index contributed by atoms with van der Waals surface area (Å²) < 4.78 is 272. The lowest BCUT2D eigenvalue weighted by Gasteiger charge is -2.50. The van der Waals surface area contributed by atoms with E-state index in [2.05, 4.69) is 0 Å². The van der Waals surface area contributed by atoms with Crippen molar-refractivity contribution in [2.75, 3.05) is 46.2 Å². The van der Waals surface area contributed by atoms with E-state index in [0.29, 0.717) is 27.8 Å². The molecule has 141 heavy (non-hydrogen) atoms. The second-order valence-corrected chi connectivity index (χ2v) is 57.0. The van der Waals surface area contributed by atoms with Gasteiger partial charge in [0.05, 0.1) is 70.7 Å². The van der Waals surface area contributed by atoms with Gasteiger partial charge >= 0.3 is 0 Å². The maximum Gasteiger partial charge on any atom is 0.297 e. The van der Waals surface area contributed by atoms with E-state index in [9.17, 15) is 114 Å². The van der Waals surface area contributed by atoms with Crippen molar-refractivity contribution in [3.8, 4) is 0 Å².